The Hall–Kier alpha value is -1.84. The van der Waals surface area contributed by atoms with Crippen LogP contribution < -0.4 is 5.32 Å². The fourth-order valence-electron chi connectivity index (χ4n) is 1.18. The van der Waals surface area contributed by atoms with Crippen LogP contribution >= 0.6 is 0 Å². The highest BCUT2D eigenvalue weighted by atomic mass is 16.5. The maximum Gasteiger partial charge on any atom is 0.174 e. The summed E-state index contributed by atoms with van der Waals surface area (Å²) in [5, 5.41) is 6.99. The van der Waals surface area contributed by atoms with E-state index in [0.29, 0.717) is 0 Å². The van der Waals surface area contributed by atoms with Gasteiger partial charge in [0, 0.05) is 24.1 Å². The number of aryl methyl sites for hydroxylation is 2. The molecule has 14 heavy (non-hydrogen) atoms. The van der Waals surface area contributed by atoms with Crippen molar-refractivity contribution in [2.45, 2.75) is 13.8 Å². The van der Waals surface area contributed by atoms with Crippen molar-refractivity contribution in [3.05, 3.63) is 35.9 Å². The number of pyridine rings is 1. The Morgan fingerprint density at radius 1 is 1.36 bits per heavy atom. The Bertz CT molecular complexity index is 436. The molecule has 1 N–H and O–H groups in total. The maximum atomic E-state index is 4.95. The van der Waals surface area contributed by atoms with Crippen molar-refractivity contribution in [1.29, 1.82) is 0 Å². The zero-order chi connectivity index (χ0) is 9.97. The first kappa shape index (κ1) is 8.74. The lowest BCUT2D eigenvalue weighted by Gasteiger charge is -2.03. The molecule has 4 nitrogen and oxygen atoms in total. The molecule has 0 aliphatic carbocycles. The maximum absolute atomic E-state index is 4.95. The predicted octanol–water partition coefficient (Wildman–Crippen LogP) is 2.43. The molecule has 2 heterocycles. The number of hydrogen-bond acceptors (Lipinski definition) is 4. The van der Waals surface area contributed by atoms with E-state index in [1.807, 2.05) is 26.0 Å². The van der Waals surface area contributed by atoms with Crippen LogP contribution in [0.25, 0.3) is 0 Å². The molecule has 0 saturated carbocycles. The lowest BCUT2D eigenvalue weighted by molar-refractivity contribution is 0.400. The Morgan fingerprint density at radius 3 is 2.86 bits per heavy atom. The fraction of sp³-hybridized carbons (Fsp3) is 0.200. The summed E-state index contributed by atoms with van der Waals surface area (Å²) in [6.07, 6.45) is 3.54. The quantitative estimate of drug-likeness (QED) is 0.788. The van der Waals surface area contributed by atoms with Gasteiger partial charge in [-0.2, -0.15) is 0 Å². The molecule has 0 atom stereocenters. The molecule has 0 aromatic carbocycles. The Kier molecular flexibility index (Phi) is 2.18. The van der Waals surface area contributed by atoms with Crippen LogP contribution in [0, 0.1) is 13.8 Å². The van der Waals surface area contributed by atoms with Gasteiger partial charge in [-0.3, -0.25) is 4.98 Å². The molecule has 2 aromatic heterocycles. The van der Waals surface area contributed by atoms with Gasteiger partial charge in [0.15, 0.2) is 5.82 Å². The molecule has 0 aliphatic rings. The Morgan fingerprint density at radius 2 is 2.21 bits per heavy atom. The summed E-state index contributed by atoms with van der Waals surface area (Å²) in [5.41, 5.74) is 2.07. The van der Waals surface area contributed by atoms with Crippen molar-refractivity contribution in [3.63, 3.8) is 0 Å². The van der Waals surface area contributed by atoms with Crippen LogP contribution in [0.15, 0.2) is 29.0 Å². The molecule has 0 amide bonds. The van der Waals surface area contributed by atoms with E-state index in [2.05, 4.69) is 15.5 Å². The van der Waals surface area contributed by atoms with Crippen molar-refractivity contribution < 1.29 is 4.52 Å². The van der Waals surface area contributed by atoms with E-state index in [1.165, 1.54) is 0 Å². The number of rotatable bonds is 2. The van der Waals surface area contributed by atoms with Gasteiger partial charge >= 0.3 is 0 Å². The van der Waals surface area contributed by atoms with E-state index < -0.39 is 0 Å². The standard InChI is InChI=1S/C10H11N3O/c1-7-6-11-4-3-9(7)12-10-5-8(2)14-13-10/h3-6H,1-2H3,(H,11,12,13). The number of aromatic nitrogens is 2. The summed E-state index contributed by atoms with van der Waals surface area (Å²) in [5.74, 6) is 1.51. The minimum Gasteiger partial charge on any atom is -0.360 e. The van der Waals surface area contributed by atoms with Crippen molar-refractivity contribution >= 4 is 11.5 Å². The second-order valence-corrected chi connectivity index (χ2v) is 3.14. The average Bonchev–Trinajstić information content (AvgIpc) is 2.56. The van der Waals surface area contributed by atoms with Crippen LogP contribution in [0.5, 0.6) is 0 Å². The van der Waals surface area contributed by atoms with Gasteiger partial charge in [-0.25, -0.2) is 0 Å². The summed E-state index contributed by atoms with van der Waals surface area (Å²) in [7, 11) is 0. The van der Waals surface area contributed by atoms with E-state index in [-0.39, 0.29) is 0 Å². The first-order chi connectivity index (χ1) is 6.75. The third-order valence-electron chi connectivity index (χ3n) is 1.91. The van der Waals surface area contributed by atoms with Gasteiger partial charge in [-0.1, -0.05) is 5.16 Å². The first-order valence-electron chi connectivity index (χ1n) is 4.36. The molecule has 72 valence electrons. The summed E-state index contributed by atoms with van der Waals surface area (Å²) < 4.78 is 4.95. The molecule has 0 unspecified atom stereocenters. The highest BCUT2D eigenvalue weighted by Gasteiger charge is 2.01. The first-order valence-corrected chi connectivity index (χ1v) is 4.36. The largest absolute Gasteiger partial charge is 0.360 e. The molecule has 4 heteroatoms. The number of hydrogen-bond donors (Lipinski definition) is 1. The number of anilines is 2. The monoisotopic (exact) mass is 189 g/mol. The zero-order valence-electron chi connectivity index (χ0n) is 8.11. The van der Waals surface area contributed by atoms with E-state index in [4.69, 9.17) is 4.52 Å². The van der Waals surface area contributed by atoms with Gasteiger partial charge in [0.2, 0.25) is 0 Å². The van der Waals surface area contributed by atoms with Crippen LogP contribution in [0.3, 0.4) is 0 Å². The van der Waals surface area contributed by atoms with E-state index >= 15 is 0 Å². The van der Waals surface area contributed by atoms with E-state index in [1.54, 1.807) is 12.4 Å². The predicted molar refractivity (Wildman–Crippen MR) is 53.5 cm³/mol. The minimum absolute atomic E-state index is 0.719. The SMILES string of the molecule is Cc1cc(Nc2ccncc2C)no1. The molecule has 0 radical (unpaired) electrons. The number of nitrogens with one attached hydrogen (secondary N) is 1. The van der Waals surface area contributed by atoms with Crippen molar-refractivity contribution in [2.75, 3.05) is 5.32 Å². The molecule has 2 aromatic rings. The van der Waals surface area contributed by atoms with Crippen LogP contribution in [-0.2, 0) is 0 Å². The molecular weight excluding hydrogens is 178 g/mol. The lowest BCUT2D eigenvalue weighted by Crippen LogP contribution is -1.93. The average molecular weight is 189 g/mol. The Balaban J connectivity index is 2.23. The van der Waals surface area contributed by atoms with Crippen molar-refractivity contribution in [3.8, 4) is 0 Å². The van der Waals surface area contributed by atoms with Crippen LogP contribution in [-0.4, -0.2) is 10.1 Å². The summed E-state index contributed by atoms with van der Waals surface area (Å²) >= 11 is 0. The second-order valence-electron chi connectivity index (χ2n) is 3.14. The molecule has 2 rings (SSSR count). The normalized spacial score (nSPS) is 10.1. The summed E-state index contributed by atoms with van der Waals surface area (Å²) in [6, 6.07) is 3.75. The van der Waals surface area contributed by atoms with Gasteiger partial charge in [-0.05, 0) is 25.5 Å². The third-order valence-corrected chi connectivity index (χ3v) is 1.91. The molecule has 0 saturated heterocycles. The smallest absolute Gasteiger partial charge is 0.174 e. The van der Waals surface area contributed by atoms with Gasteiger partial charge in [-0.15, -0.1) is 0 Å². The third kappa shape index (κ3) is 1.74. The van der Waals surface area contributed by atoms with Gasteiger partial charge < -0.3 is 9.84 Å². The van der Waals surface area contributed by atoms with Gasteiger partial charge in [0.1, 0.15) is 5.76 Å². The van der Waals surface area contributed by atoms with Crippen molar-refractivity contribution in [1.82, 2.24) is 10.1 Å². The van der Waals surface area contributed by atoms with Crippen molar-refractivity contribution in [2.24, 2.45) is 0 Å². The minimum atomic E-state index is 0.719. The van der Waals surface area contributed by atoms with Gasteiger partial charge in [0.25, 0.3) is 0 Å². The summed E-state index contributed by atoms with van der Waals surface area (Å²) in [6.45, 7) is 3.85. The van der Waals surface area contributed by atoms with E-state index in [0.717, 1.165) is 22.8 Å². The lowest BCUT2D eigenvalue weighted by atomic mass is 10.2. The molecule has 0 fully saturated rings. The van der Waals surface area contributed by atoms with E-state index in [9.17, 15) is 0 Å². The summed E-state index contributed by atoms with van der Waals surface area (Å²) in [4.78, 5) is 4.01. The zero-order valence-corrected chi connectivity index (χ0v) is 8.11. The molecular formula is C10H11N3O. The number of nitrogens with zero attached hydrogens (tertiary/aromatic N) is 2. The Labute approximate surface area is 82.0 Å². The molecule has 0 spiro atoms. The highest BCUT2D eigenvalue weighted by Crippen LogP contribution is 2.18. The second kappa shape index (κ2) is 3.49. The van der Waals surface area contributed by atoms with Gasteiger partial charge in [0.05, 0.1) is 0 Å². The molecule has 0 aliphatic heterocycles. The molecule has 0 bridgehead atoms. The van der Waals surface area contributed by atoms with Crippen LogP contribution in [0.4, 0.5) is 11.5 Å². The fourth-order valence-corrected chi connectivity index (χ4v) is 1.18. The highest BCUT2D eigenvalue weighted by molar-refractivity contribution is 5.58. The topological polar surface area (TPSA) is 51.0 Å². The van der Waals surface area contributed by atoms with Crippen LogP contribution in [0.1, 0.15) is 11.3 Å². The van der Waals surface area contributed by atoms with Crippen LogP contribution in [0.2, 0.25) is 0 Å².